The van der Waals surface area contributed by atoms with Crippen molar-refractivity contribution in [1.29, 1.82) is 0 Å². The standard InChI is InChI=1S/C13H12FNO2/c1-9(16)11-7-8-15-13(12(11)14)17-10-5-3-2-4-6-10/h2-9,16H,1H3. The van der Waals surface area contributed by atoms with Crippen LogP contribution in [0.1, 0.15) is 18.6 Å². The molecule has 0 amide bonds. The van der Waals surface area contributed by atoms with E-state index in [1.165, 1.54) is 19.2 Å². The molecule has 17 heavy (non-hydrogen) atoms. The lowest BCUT2D eigenvalue weighted by molar-refractivity contribution is 0.192. The molecule has 0 aliphatic carbocycles. The van der Waals surface area contributed by atoms with Crippen LogP contribution in [0, 0.1) is 5.82 Å². The number of ether oxygens (including phenoxy) is 1. The second-order valence-corrected chi connectivity index (χ2v) is 3.61. The molecule has 0 bridgehead atoms. The van der Waals surface area contributed by atoms with E-state index in [2.05, 4.69) is 4.98 Å². The lowest BCUT2D eigenvalue weighted by atomic mass is 10.1. The van der Waals surface area contributed by atoms with Gasteiger partial charge >= 0.3 is 0 Å². The number of nitrogens with zero attached hydrogens (tertiary/aromatic N) is 1. The van der Waals surface area contributed by atoms with Gasteiger partial charge in [-0.15, -0.1) is 0 Å². The van der Waals surface area contributed by atoms with Gasteiger partial charge in [0.1, 0.15) is 5.75 Å². The van der Waals surface area contributed by atoms with Crippen molar-refractivity contribution < 1.29 is 14.2 Å². The van der Waals surface area contributed by atoms with Crippen molar-refractivity contribution in [3.8, 4) is 11.6 Å². The van der Waals surface area contributed by atoms with E-state index in [1.807, 2.05) is 6.07 Å². The van der Waals surface area contributed by atoms with Gasteiger partial charge in [0.25, 0.3) is 5.88 Å². The summed E-state index contributed by atoms with van der Waals surface area (Å²) in [4.78, 5) is 3.81. The van der Waals surface area contributed by atoms with Crippen molar-refractivity contribution in [2.75, 3.05) is 0 Å². The first-order valence-corrected chi connectivity index (χ1v) is 5.24. The molecule has 1 atom stereocenters. The highest BCUT2D eigenvalue weighted by molar-refractivity contribution is 5.30. The lowest BCUT2D eigenvalue weighted by Crippen LogP contribution is -2.00. The van der Waals surface area contributed by atoms with Gasteiger partial charge in [0.15, 0.2) is 5.82 Å². The fraction of sp³-hybridized carbons (Fsp3) is 0.154. The first-order valence-electron chi connectivity index (χ1n) is 5.24. The highest BCUT2D eigenvalue weighted by Gasteiger charge is 2.14. The number of benzene rings is 1. The van der Waals surface area contributed by atoms with Crippen molar-refractivity contribution in [1.82, 2.24) is 4.98 Å². The predicted molar refractivity (Wildman–Crippen MR) is 61.3 cm³/mol. The van der Waals surface area contributed by atoms with E-state index in [4.69, 9.17) is 4.74 Å². The van der Waals surface area contributed by atoms with Gasteiger partial charge in [0.05, 0.1) is 6.10 Å². The maximum Gasteiger partial charge on any atom is 0.256 e. The number of aliphatic hydroxyl groups excluding tert-OH is 1. The smallest absolute Gasteiger partial charge is 0.256 e. The van der Waals surface area contributed by atoms with E-state index in [0.29, 0.717) is 5.75 Å². The predicted octanol–water partition coefficient (Wildman–Crippen LogP) is 3.07. The number of halogens is 1. The molecule has 0 saturated carbocycles. The van der Waals surface area contributed by atoms with Crippen LogP contribution in [0.5, 0.6) is 11.6 Å². The Morgan fingerprint density at radius 2 is 1.94 bits per heavy atom. The number of para-hydroxylation sites is 1. The van der Waals surface area contributed by atoms with E-state index in [0.717, 1.165) is 0 Å². The molecule has 1 unspecified atom stereocenters. The van der Waals surface area contributed by atoms with E-state index >= 15 is 0 Å². The second-order valence-electron chi connectivity index (χ2n) is 3.61. The second kappa shape index (κ2) is 4.93. The van der Waals surface area contributed by atoms with Crippen LogP contribution in [0.3, 0.4) is 0 Å². The normalized spacial score (nSPS) is 12.2. The lowest BCUT2D eigenvalue weighted by Gasteiger charge is -2.10. The van der Waals surface area contributed by atoms with Gasteiger partial charge in [0.2, 0.25) is 0 Å². The number of pyridine rings is 1. The van der Waals surface area contributed by atoms with Gasteiger partial charge in [-0.2, -0.15) is 0 Å². The summed E-state index contributed by atoms with van der Waals surface area (Å²) in [6.45, 7) is 1.49. The molecule has 0 radical (unpaired) electrons. The summed E-state index contributed by atoms with van der Waals surface area (Å²) in [6.07, 6.45) is 0.514. The molecule has 88 valence electrons. The summed E-state index contributed by atoms with van der Waals surface area (Å²) in [6, 6.07) is 10.2. The quantitative estimate of drug-likeness (QED) is 0.885. The Balaban J connectivity index is 2.31. The van der Waals surface area contributed by atoms with Gasteiger partial charge in [0, 0.05) is 11.8 Å². The van der Waals surface area contributed by atoms with Crippen LogP contribution in [-0.2, 0) is 0 Å². The zero-order valence-corrected chi connectivity index (χ0v) is 9.30. The molecule has 0 saturated heterocycles. The summed E-state index contributed by atoms with van der Waals surface area (Å²) in [5.74, 6) is -0.261. The minimum atomic E-state index is -0.892. The van der Waals surface area contributed by atoms with Gasteiger partial charge in [-0.25, -0.2) is 9.37 Å². The molecule has 1 aromatic carbocycles. The molecule has 2 rings (SSSR count). The topological polar surface area (TPSA) is 42.4 Å². The number of hydrogen-bond acceptors (Lipinski definition) is 3. The Morgan fingerprint density at radius 1 is 1.24 bits per heavy atom. The molecule has 0 fully saturated rings. The van der Waals surface area contributed by atoms with E-state index in [-0.39, 0.29) is 11.4 Å². The van der Waals surface area contributed by atoms with Crippen molar-refractivity contribution in [3.63, 3.8) is 0 Å². The van der Waals surface area contributed by atoms with Gasteiger partial charge in [-0.3, -0.25) is 0 Å². The maximum absolute atomic E-state index is 13.9. The van der Waals surface area contributed by atoms with E-state index < -0.39 is 11.9 Å². The Bertz CT molecular complexity index is 500. The molecule has 4 heteroatoms. The average Bonchev–Trinajstić information content (AvgIpc) is 2.33. The summed E-state index contributed by atoms with van der Waals surface area (Å²) >= 11 is 0. The number of hydrogen-bond donors (Lipinski definition) is 1. The molecule has 1 aromatic heterocycles. The number of aromatic nitrogens is 1. The first-order chi connectivity index (χ1) is 8.18. The Morgan fingerprint density at radius 3 is 2.59 bits per heavy atom. The molecule has 1 N–H and O–H groups in total. The van der Waals surface area contributed by atoms with E-state index in [9.17, 15) is 9.50 Å². The molecule has 2 aromatic rings. The molecule has 0 aliphatic rings. The molecule has 0 aliphatic heterocycles. The summed E-state index contributed by atoms with van der Waals surface area (Å²) in [5.41, 5.74) is 0.172. The van der Waals surface area contributed by atoms with Crippen LogP contribution in [0.4, 0.5) is 4.39 Å². The van der Waals surface area contributed by atoms with Crippen molar-refractivity contribution in [2.24, 2.45) is 0 Å². The third kappa shape index (κ3) is 2.60. The summed E-state index contributed by atoms with van der Waals surface area (Å²) < 4.78 is 19.2. The maximum atomic E-state index is 13.9. The largest absolute Gasteiger partial charge is 0.436 e. The number of aliphatic hydroxyl groups is 1. The Kier molecular flexibility index (Phi) is 3.35. The minimum absolute atomic E-state index is 0.130. The third-order valence-corrected chi connectivity index (χ3v) is 2.29. The van der Waals surface area contributed by atoms with Gasteiger partial charge in [-0.1, -0.05) is 18.2 Å². The van der Waals surface area contributed by atoms with Crippen molar-refractivity contribution >= 4 is 0 Å². The minimum Gasteiger partial charge on any atom is -0.436 e. The summed E-state index contributed by atoms with van der Waals surface area (Å²) in [7, 11) is 0. The SMILES string of the molecule is CC(O)c1ccnc(Oc2ccccc2)c1F. The average molecular weight is 233 g/mol. The fourth-order valence-corrected chi connectivity index (χ4v) is 1.43. The zero-order chi connectivity index (χ0) is 12.3. The first kappa shape index (κ1) is 11.5. The molecular weight excluding hydrogens is 221 g/mol. The van der Waals surface area contributed by atoms with Gasteiger partial charge in [-0.05, 0) is 25.1 Å². The van der Waals surface area contributed by atoms with Crippen LogP contribution < -0.4 is 4.74 Å². The van der Waals surface area contributed by atoms with Crippen LogP contribution in [-0.4, -0.2) is 10.1 Å². The molecule has 3 nitrogen and oxygen atoms in total. The highest BCUT2D eigenvalue weighted by atomic mass is 19.1. The van der Waals surface area contributed by atoms with E-state index in [1.54, 1.807) is 24.3 Å². The monoisotopic (exact) mass is 233 g/mol. The third-order valence-electron chi connectivity index (χ3n) is 2.29. The fourth-order valence-electron chi connectivity index (χ4n) is 1.43. The number of rotatable bonds is 3. The van der Waals surface area contributed by atoms with Crippen LogP contribution in [0.2, 0.25) is 0 Å². The summed E-state index contributed by atoms with van der Waals surface area (Å²) in [5, 5.41) is 9.37. The molecular formula is C13H12FNO2. The van der Waals surface area contributed by atoms with Gasteiger partial charge < -0.3 is 9.84 Å². The van der Waals surface area contributed by atoms with Crippen LogP contribution >= 0.6 is 0 Å². The van der Waals surface area contributed by atoms with Crippen molar-refractivity contribution in [2.45, 2.75) is 13.0 Å². The Hall–Kier alpha value is -1.94. The van der Waals surface area contributed by atoms with Crippen LogP contribution in [0.15, 0.2) is 42.6 Å². The van der Waals surface area contributed by atoms with Crippen LogP contribution in [0.25, 0.3) is 0 Å². The molecule has 0 spiro atoms. The molecule has 1 heterocycles. The zero-order valence-electron chi connectivity index (χ0n) is 9.30. The van der Waals surface area contributed by atoms with Crippen molar-refractivity contribution in [3.05, 3.63) is 54.0 Å². The Labute approximate surface area is 98.5 Å². The highest BCUT2D eigenvalue weighted by Crippen LogP contribution is 2.26.